The van der Waals surface area contributed by atoms with Gasteiger partial charge in [0, 0.05) is 17.6 Å². The van der Waals surface area contributed by atoms with Crippen LogP contribution in [0.1, 0.15) is 47.2 Å². The molecule has 0 aliphatic rings. The van der Waals surface area contributed by atoms with Gasteiger partial charge in [-0.3, -0.25) is 14.2 Å². The summed E-state index contributed by atoms with van der Waals surface area (Å²) < 4.78 is 1.59. The van der Waals surface area contributed by atoms with Crippen molar-refractivity contribution in [3.05, 3.63) is 105 Å². The minimum Gasteiger partial charge on any atom is -0.332 e. The molecule has 5 nitrogen and oxygen atoms in total. The van der Waals surface area contributed by atoms with E-state index in [4.69, 9.17) is 16.6 Å². The van der Waals surface area contributed by atoms with E-state index in [1.165, 1.54) is 5.56 Å². The van der Waals surface area contributed by atoms with Crippen LogP contribution < -0.4 is 5.56 Å². The summed E-state index contributed by atoms with van der Waals surface area (Å²) >= 11 is 6.18. The number of rotatable bonds is 5. The van der Waals surface area contributed by atoms with Crippen molar-refractivity contribution >= 4 is 28.4 Å². The molecule has 0 spiro atoms. The highest BCUT2D eigenvalue weighted by Crippen LogP contribution is 2.25. The zero-order chi connectivity index (χ0) is 23.7. The Labute approximate surface area is 198 Å². The predicted molar refractivity (Wildman–Crippen MR) is 133 cm³/mol. The van der Waals surface area contributed by atoms with Crippen LogP contribution in [0.3, 0.4) is 0 Å². The van der Waals surface area contributed by atoms with Gasteiger partial charge in [0.1, 0.15) is 5.82 Å². The number of aromatic nitrogens is 2. The van der Waals surface area contributed by atoms with Crippen molar-refractivity contribution in [2.45, 2.75) is 33.2 Å². The average Bonchev–Trinajstić information content (AvgIpc) is 2.83. The van der Waals surface area contributed by atoms with E-state index in [0.29, 0.717) is 33.0 Å². The zero-order valence-corrected chi connectivity index (χ0v) is 19.9. The van der Waals surface area contributed by atoms with Crippen LogP contribution in [-0.2, 0) is 6.42 Å². The molecule has 33 heavy (non-hydrogen) atoms. The van der Waals surface area contributed by atoms with Crippen LogP contribution >= 0.6 is 11.6 Å². The van der Waals surface area contributed by atoms with E-state index in [1.807, 2.05) is 62.4 Å². The Bertz CT molecular complexity index is 1380. The van der Waals surface area contributed by atoms with E-state index in [-0.39, 0.29) is 11.5 Å². The van der Waals surface area contributed by atoms with Gasteiger partial charge in [0.25, 0.3) is 11.5 Å². The van der Waals surface area contributed by atoms with Crippen molar-refractivity contribution in [3.8, 4) is 5.69 Å². The second-order valence-corrected chi connectivity index (χ2v) is 8.69. The van der Waals surface area contributed by atoms with E-state index in [9.17, 15) is 9.59 Å². The van der Waals surface area contributed by atoms with Gasteiger partial charge < -0.3 is 4.90 Å². The Balaban J connectivity index is 1.85. The number of benzene rings is 3. The summed E-state index contributed by atoms with van der Waals surface area (Å²) in [6.45, 7) is 5.95. The third kappa shape index (κ3) is 4.41. The molecule has 0 bridgehead atoms. The quantitative estimate of drug-likeness (QED) is 0.382. The van der Waals surface area contributed by atoms with E-state index in [2.05, 4.69) is 6.92 Å². The number of amides is 1. The van der Waals surface area contributed by atoms with Crippen molar-refractivity contribution in [2.24, 2.45) is 0 Å². The maximum atomic E-state index is 13.6. The van der Waals surface area contributed by atoms with Crippen LogP contribution in [-0.4, -0.2) is 27.4 Å². The first-order valence-corrected chi connectivity index (χ1v) is 11.3. The monoisotopic (exact) mass is 459 g/mol. The molecular weight excluding hydrogens is 434 g/mol. The lowest BCUT2D eigenvalue weighted by Crippen LogP contribution is -2.34. The van der Waals surface area contributed by atoms with Gasteiger partial charge in [-0.1, -0.05) is 48.4 Å². The molecule has 0 saturated carbocycles. The maximum absolute atomic E-state index is 13.6. The largest absolute Gasteiger partial charge is 0.332 e. The fraction of sp³-hybridized carbons (Fsp3) is 0.222. The molecular formula is C27H26ClN3O2. The molecule has 1 heterocycles. The minimum atomic E-state index is -0.472. The number of carbonyl (C=O) groups excluding carboxylic acids is 1. The molecule has 0 saturated heterocycles. The Morgan fingerprint density at radius 2 is 1.73 bits per heavy atom. The van der Waals surface area contributed by atoms with Crippen LogP contribution in [0.2, 0.25) is 5.02 Å². The van der Waals surface area contributed by atoms with Gasteiger partial charge in [-0.15, -0.1) is 0 Å². The molecule has 1 amide bonds. The molecule has 0 aliphatic heterocycles. The highest BCUT2D eigenvalue weighted by Gasteiger charge is 2.25. The second-order valence-electron chi connectivity index (χ2n) is 8.25. The van der Waals surface area contributed by atoms with E-state index in [1.54, 1.807) is 34.7 Å². The summed E-state index contributed by atoms with van der Waals surface area (Å²) in [7, 11) is 1.73. The fourth-order valence-electron chi connectivity index (χ4n) is 3.84. The third-order valence-electron chi connectivity index (χ3n) is 6.03. The van der Waals surface area contributed by atoms with Gasteiger partial charge in [-0.05, 0) is 68.3 Å². The number of hydrogen-bond acceptors (Lipinski definition) is 3. The normalized spacial score (nSPS) is 12.0. The van der Waals surface area contributed by atoms with Gasteiger partial charge in [-0.25, -0.2) is 4.98 Å². The first kappa shape index (κ1) is 22.7. The maximum Gasteiger partial charge on any atom is 0.266 e. The van der Waals surface area contributed by atoms with E-state index < -0.39 is 6.04 Å². The van der Waals surface area contributed by atoms with Crippen LogP contribution in [0.4, 0.5) is 0 Å². The summed E-state index contributed by atoms with van der Waals surface area (Å²) in [4.78, 5) is 33.2. The number of carbonyl (C=O) groups is 1. The molecule has 1 aromatic heterocycles. The van der Waals surface area contributed by atoms with Gasteiger partial charge in [-0.2, -0.15) is 0 Å². The van der Waals surface area contributed by atoms with Gasteiger partial charge in [0.2, 0.25) is 0 Å². The lowest BCUT2D eigenvalue weighted by Gasteiger charge is -2.27. The standard InChI is InChI=1S/C27H26ClN3O2/c1-5-19-8-10-20(11-9-19)26(32)30(4)18(3)25-29-24-16-21(28)12-15-23(24)27(33)31(25)22-13-6-17(2)7-14-22/h6-16,18H,5H2,1-4H3. The molecule has 1 unspecified atom stereocenters. The number of nitrogens with zero attached hydrogens (tertiary/aromatic N) is 3. The van der Waals surface area contributed by atoms with Crippen molar-refractivity contribution in [2.75, 3.05) is 7.05 Å². The molecule has 0 fully saturated rings. The van der Waals surface area contributed by atoms with Gasteiger partial charge in [0.15, 0.2) is 0 Å². The lowest BCUT2D eigenvalue weighted by atomic mass is 10.1. The van der Waals surface area contributed by atoms with Crippen LogP contribution in [0.25, 0.3) is 16.6 Å². The van der Waals surface area contributed by atoms with E-state index >= 15 is 0 Å². The number of hydrogen-bond donors (Lipinski definition) is 0. The summed E-state index contributed by atoms with van der Waals surface area (Å²) in [6.07, 6.45) is 0.910. The van der Waals surface area contributed by atoms with Gasteiger partial charge >= 0.3 is 0 Å². The average molecular weight is 460 g/mol. The van der Waals surface area contributed by atoms with Gasteiger partial charge in [0.05, 0.1) is 22.6 Å². The van der Waals surface area contributed by atoms with E-state index in [0.717, 1.165) is 12.0 Å². The lowest BCUT2D eigenvalue weighted by molar-refractivity contribution is 0.0735. The Morgan fingerprint density at radius 1 is 1.06 bits per heavy atom. The van der Waals surface area contributed by atoms with Crippen molar-refractivity contribution in [1.29, 1.82) is 0 Å². The molecule has 6 heteroatoms. The minimum absolute atomic E-state index is 0.138. The number of fused-ring (bicyclic) bond motifs is 1. The first-order chi connectivity index (χ1) is 15.8. The second kappa shape index (κ2) is 9.20. The highest BCUT2D eigenvalue weighted by atomic mass is 35.5. The molecule has 168 valence electrons. The number of halogens is 1. The zero-order valence-electron chi connectivity index (χ0n) is 19.2. The predicted octanol–water partition coefficient (Wildman–Crippen LogP) is 5.74. The molecule has 1 atom stereocenters. The molecule has 0 radical (unpaired) electrons. The molecule has 4 rings (SSSR count). The fourth-order valence-corrected chi connectivity index (χ4v) is 4.00. The summed E-state index contributed by atoms with van der Waals surface area (Å²) in [5, 5.41) is 0.974. The third-order valence-corrected chi connectivity index (χ3v) is 6.27. The summed E-state index contributed by atoms with van der Waals surface area (Å²) in [6, 6.07) is 19.9. The summed E-state index contributed by atoms with van der Waals surface area (Å²) in [5.41, 5.74) is 3.86. The summed E-state index contributed by atoms with van der Waals surface area (Å²) in [5.74, 6) is 0.334. The van der Waals surface area contributed by atoms with Crippen molar-refractivity contribution < 1.29 is 4.79 Å². The van der Waals surface area contributed by atoms with Crippen LogP contribution in [0.5, 0.6) is 0 Å². The number of aryl methyl sites for hydroxylation is 2. The topological polar surface area (TPSA) is 55.2 Å². The smallest absolute Gasteiger partial charge is 0.266 e. The van der Waals surface area contributed by atoms with Crippen LogP contribution in [0.15, 0.2) is 71.5 Å². The SMILES string of the molecule is CCc1ccc(C(=O)N(C)C(C)c2nc3cc(Cl)ccc3c(=O)n2-c2ccc(C)cc2)cc1. The molecule has 0 aliphatic carbocycles. The van der Waals surface area contributed by atoms with Crippen molar-refractivity contribution in [1.82, 2.24) is 14.5 Å². The molecule has 4 aromatic rings. The molecule has 3 aromatic carbocycles. The van der Waals surface area contributed by atoms with Crippen molar-refractivity contribution in [3.63, 3.8) is 0 Å². The van der Waals surface area contributed by atoms with Crippen LogP contribution in [0, 0.1) is 6.92 Å². The first-order valence-electron chi connectivity index (χ1n) is 11.0. The Hall–Kier alpha value is -3.44. The molecule has 0 N–H and O–H groups in total. The Morgan fingerprint density at radius 3 is 2.36 bits per heavy atom. The highest BCUT2D eigenvalue weighted by molar-refractivity contribution is 6.31. The Kier molecular flexibility index (Phi) is 6.34.